The summed E-state index contributed by atoms with van der Waals surface area (Å²) in [7, 11) is 1.30. The first kappa shape index (κ1) is 10.1. The van der Waals surface area contributed by atoms with Crippen LogP contribution in [0.2, 0.25) is 0 Å². The largest absolute Gasteiger partial charge is 0.463 e. The fourth-order valence-electron chi connectivity index (χ4n) is 1.18. The lowest BCUT2D eigenvalue weighted by molar-refractivity contribution is 0.0587. The molecule has 0 amide bonds. The van der Waals surface area contributed by atoms with Crippen molar-refractivity contribution >= 4 is 27.5 Å². The summed E-state index contributed by atoms with van der Waals surface area (Å²) in [6.07, 6.45) is 1.75. The average Bonchev–Trinajstić information content (AvgIpc) is 2.60. The van der Waals surface area contributed by atoms with Gasteiger partial charge in [0.1, 0.15) is 0 Å². The van der Waals surface area contributed by atoms with Gasteiger partial charge < -0.3 is 4.74 Å². The summed E-state index contributed by atoms with van der Waals surface area (Å²) >= 11 is 3.37. The van der Waals surface area contributed by atoms with E-state index in [1.54, 1.807) is 6.20 Å². The quantitative estimate of drug-likeness (QED) is 0.738. The zero-order chi connectivity index (χ0) is 11.0. The monoisotopic (exact) mass is 269 g/mol. The van der Waals surface area contributed by atoms with Crippen molar-refractivity contribution in [3.8, 4) is 0 Å². The molecular weight excluding hydrogens is 262 g/mol. The molecule has 0 N–H and O–H groups in total. The van der Waals surface area contributed by atoms with Gasteiger partial charge >= 0.3 is 5.97 Å². The number of halogens is 1. The number of rotatable bonds is 1. The van der Waals surface area contributed by atoms with Crippen LogP contribution in [0.3, 0.4) is 0 Å². The first-order valence-electron chi connectivity index (χ1n) is 4.22. The highest BCUT2D eigenvalue weighted by molar-refractivity contribution is 9.10. The molecule has 0 saturated heterocycles. The number of hydrogen-bond acceptors (Lipinski definition) is 4. The van der Waals surface area contributed by atoms with Crippen molar-refractivity contribution in [2.75, 3.05) is 7.11 Å². The van der Waals surface area contributed by atoms with Crippen LogP contribution in [-0.2, 0) is 4.74 Å². The molecule has 5 nitrogen and oxygen atoms in total. The summed E-state index contributed by atoms with van der Waals surface area (Å²) < 4.78 is 6.98. The van der Waals surface area contributed by atoms with Crippen LogP contribution >= 0.6 is 15.9 Å². The molecule has 0 aliphatic heterocycles. The molecule has 0 aliphatic carbocycles. The molecule has 0 aliphatic rings. The molecule has 15 heavy (non-hydrogen) atoms. The van der Waals surface area contributed by atoms with E-state index in [9.17, 15) is 4.79 Å². The third-order valence-corrected chi connectivity index (χ3v) is 2.81. The minimum Gasteiger partial charge on any atom is -0.463 e. The van der Waals surface area contributed by atoms with Crippen molar-refractivity contribution < 1.29 is 9.53 Å². The first-order chi connectivity index (χ1) is 7.11. The lowest BCUT2D eigenvalue weighted by atomic mass is 10.3. The molecule has 0 unspecified atom stereocenters. The predicted molar refractivity (Wildman–Crippen MR) is 56.8 cm³/mol. The molecule has 2 aromatic heterocycles. The predicted octanol–water partition coefficient (Wildman–Crippen LogP) is 1.59. The van der Waals surface area contributed by atoms with Gasteiger partial charge in [0.15, 0.2) is 5.65 Å². The van der Waals surface area contributed by atoms with E-state index < -0.39 is 5.97 Å². The molecule has 6 heteroatoms. The normalized spacial score (nSPS) is 10.6. The number of methoxy groups -OCH3 is 1. The van der Waals surface area contributed by atoms with Crippen molar-refractivity contribution in [2.45, 2.75) is 6.92 Å². The Kier molecular flexibility index (Phi) is 2.44. The molecule has 2 heterocycles. The molecule has 2 rings (SSSR count). The van der Waals surface area contributed by atoms with Gasteiger partial charge in [0.25, 0.3) is 5.82 Å². The van der Waals surface area contributed by atoms with Gasteiger partial charge in [0, 0.05) is 10.7 Å². The van der Waals surface area contributed by atoms with Crippen LogP contribution in [0, 0.1) is 6.92 Å². The Morgan fingerprint density at radius 2 is 2.33 bits per heavy atom. The highest BCUT2D eigenvalue weighted by Crippen LogP contribution is 2.16. The minimum absolute atomic E-state index is 0.0648. The first-order valence-corrected chi connectivity index (χ1v) is 5.02. The van der Waals surface area contributed by atoms with Crippen LogP contribution in [0.25, 0.3) is 5.65 Å². The molecule has 0 bridgehead atoms. The molecule has 0 radical (unpaired) electrons. The molecular formula is C9H8BrN3O2. The molecule has 78 valence electrons. The van der Waals surface area contributed by atoms with E-state index in [2.05, 4.69) is 30.7 Å². The number of fused-ring (bicyclic) bond motifs is 1. The topological polar surface area (TPSA) is 56.5 Å². The third-order valence-electron chi connectivity index (χ3n) is 1.98. The molecule has 2 aromatic rings. The number of aryl methyl sites for hydroxylation is 1. The fraction of sp³-hybridized carbons (Fsp3) is 0.222. The van der Waals surface area contributed by atoms with Crippen molar-refractivity contribution in [3.63, 3.8) is 0 Å². The second-order valence-electron chi connectivity index (χ2n) is 3.03. The van der Waals surface area contributed by atoms with Gasteiger partial charge in [-0.2, -0.15) is 0 Å². The van der Waals surface area contributed by atoms with Gasteiger partial charge in [0.05, 0.1) is 7.11 Å². The molecule has 0 spiro atoms. The summed E-state index contributed by atoms with van der Waals surface area (Å²) in [4.78, 5) is 15.2. The molecule has 0 aromatic carbocycles. The maximum Gasteiger partial charge on any atom is 0.377 e. The molecule has 0 atom stereocenters. The number of ether oxygens (including phenoxy) is 1. The van der Waals surface area contributed by atoms with E-state index in [0.29, 0.717) is 5.65 Å². The zero-order valence-electron chi connectivity index (χ0n) is 8.19. The highest BCUT2D eigenvalue weighted by Gasteiger charge is 2.13. The van der Waals surface area contributed by atoms with Crippen LogP contribution in [0.1, 0.15) is 16.2 Å². The maximum atomic E-state index is 11.2. The Bertz CT molecular complexity index is 496. The Balaban J connectivity index is 2.61. The smallest absolute Gasteiger partial charge is 0.377 e. The zero-order valence-corrected chi connectivity index (χ0v) is 9.78. The van der Waals surface area contributed by atoms with Gasteiger partial charge in [-0.05, 0) is 34.5 Å². The minimum atomic E-state index is -0.535. The van der Waals surface area contributed by atoms with Crippen LogP contribution in [-0.4, -0.2) is 27.7 Å². The van der Waals surface area contributed by atoms with Crippen molar-refractivity contribution in [3.05, 3.63) is 28.1 Å². The summed E-state index contributed by atoms with van der Waals surface area (Å²) in [5.74, 6) is -0.470. The Morgan fingerprint density at radius 3 is 3.00 bits per heavy atom. The molecule has 0 saturated carbocycles. The maximum absolute atomic E-state index is 11.2. The standard InChI is InChI=1S/C9H8BrN3O2/c1-5-3-7-11-8(9(14)15-2)12-13(7)4-6(5)10/h3-4H,1-2H3. The summed E-state index contributed by atoms with van der Waals surface area (Å²) in [5.41, 5.74) is 1.66. The number of carbonyl (C=O) groups is 1. The van der Waals surface area contributed by atoms with Crippen LogP contribution in [0.5, 0.6) is 0 Å². The second-order valence-corrected chi connectivity index (χ2v) is 3.89. The SMILES string of the molecule is COC(=O)c1nc2cc(C)c(Br)cn2n1. The van der Waals surface area contributed by atoms with Crippen molar-refractivity contribution in [1.82, 2.24) is 14.6 Å². The number of aromatic nitrogens is 3. The summed E-state index contributed by atoms with van der Waals surface area (Å²) in [5, 5.41) is 3.99. The lowest BCUT2D eigenvalue weighted by Crippen LogP contribution is -2.03. The van der Waals surface area contributed by atoms with Crippen molar-refractivity contribution in [2.24, 2.45) is 0 Å². The van der Waals surface area contributed by atoms with E-state index in [0.717, 1.165) is 10.0 Å². The van der Waals surface area contributed by atoms with E-state index in [4.69, 9.17) is 0 Å². The van der Waals surface area contributed by atoms with E-state index in [1.807, 2.05) is 13.0 Å². The van der Waals surface area contributed by atoms with E-state index >= 15 is 0 Å². The number of hydrogen-bond donors (Lipinski definition) is 0. The van der Waals surface area contributed by atoms with Crippen LogP contribution < -0.4 is 0 Å². The Labute approximate surface area is 94.2 Å². The average molecular weight is 270 g/mol. The van der Waals surface area contributed by atoms with Crippen LogP contribution in [0.4, 0.5) is 0 Å². The second kappa shape index (κ2) is 3.62. The Morgan fingerprint density at radius 1 is 1.60 bits per heavy atom. The summed E-state index contributed by atoms with van der Waals surface area (Å²) in [6.45, 7) is 1.94. The number of nitrogens with zero attached hydrogens (tertiary/aromatic N) is 3. The number of esters is 1. The van der Waals surface area contributed by atoms with Gasteiger partial charge in [-0.1, -0.05) is 0 Å². The van der Waals surface area contributed by atoms with E-state index in [-0.39, 0.29) is 5.82 Å². The van der Waals surface area contributed by atoms with Gasteiger partial charge in [-0.15, -0.1) is 5.10 Å². The fourth-order valence-corrected chi connectivity index (χ4v) is 1.49. The van der Waals surface area contributed by atoms with Gasteiger partial charge in [-0.25, -0.2) is 14.3 Å². The van der Waals surface area contributed by atoms with Crippen molar-refractivity contribution in [1.29, 1.82) is 0 Å². The van der Waals surface area contributed by atoms with Crippen LogP contribution in [0.15, 0.2) is 16.7 Å². The Hall–Kier alpha value is -1.43. The number of carbonyl (C=O) groups excluding carboxylic acids is 1. The highest BCUT2D eigenvalue weighted by atomic mass is 79.9. The van der Waals surface area contributed by atoms with E-state index in [1.165, 1.54) is 11.6 Å². The lowest BCUT2D eigenvalue weighted by Gasteiger charge is -1.96. The van der Waals surface area contributed by atoms with Gasteiger partial charge in [0.2, 0.25) is 0 Å². The van der Waals surface area contributed by atoms with Gasteiger partial charge in [-0.3, -0.25) is 0 Å². The summed E-state index contributed by atoms with van der Waals surface area (Å²) in [6, 6.07) is 1.84. The molecule has 0 fully saturated rings. The number of pyridine rings is 1. The third kappa shape index (κ3) is 1.72.